The van der Waals surface area contributed by atoms with Crippen LogP contribution < -0.4 is 9.47 Å². The van der Waals surface area contributed by atoms with Gasteiger partial charge in [0.1, 0.15) is 0 Å². The summed E-state index contributed by atoms with van der Waals surface area (Å²) >= 11 is 1.40. The number of aromatic nitrogens is 4. The van der Waals surface area contributed by atoms with Gasteiger partial charge in [0.25, 0.3) is 0 Å². The number of rotatable bonds is 4. The van der Waals surface area contributed by atoms with E-state index in [0.29, 0.717) is 16.9 Å². The third-order valence-corrected chi connectivity index (χ3v) is 2.78. The van der Waals surface area contributed by atoms with Gasteiger partial charge in [-0.25, -0.2) is 0 Å². The summed E-state index contributed by atoms with van der Waals surface area (Å²) in [6, 6.07) is 1.63. The molecule has 0 amide bonds. The van der Waals surface area contributed by atoms with Crippen LogP contribution in [0.2, 0.25) is 0 Å². The molecule has 2 aromatic heterocycles. The van der Waals surface area contributed by atoms with Crippen molar-refractivity contribution < 1.29 is 9.47 Å². The molecule has 0 aromatic carbocycles. The highest BCUT2D eigenvalue weighted by Gasteiger charge is 2.08. The van der Waals surface area contributed by atoms with Crippen molar-refractivity contribution in [1.82, 2.24) is 19.7 Å². The molecule has 0 aliphatic carbocycles. The van der Waals surface area contributed by atoms with Gasteiger partial charge in [-0.05, 0) is 11.8 Å². The maximum absolute atomic E-state index is 5.07. The molecule has 90 valence electrons. The second kappa shape index (κ2) is 5.05. The lowest BCUT2D eigenvalue weighted by atomic mass is 10.6. The Kier molecular flexibility index (Phi) is 3.48. The predicted octanol–water partition coefficient (Wildman–Crippen LogP) is 1.38. The Labute approximate surface area is 103 Å². The van der Waals surface area contributed by atoms with Gasteiger partial charge < -0.3 is 9.47 Å². The second-order valence-electron chi connectivity index (χ2n) is 3.19. The highest BCUT2D eigenvalue weighted by atomic mass is 32.2. The van der Waals surface area contributed by atoms with Crippen LogP contribution in [0, 0.1) is 0 Å². The first-order chi connectivity index (χ1) is 8.21. The van der Waals surface area contributed by atoms with Gasteiger partial charge in [0.15, 0.2) is 5.16 Å². The first kappa shape index (κ1) is 11.7. The van der Waals surface area contributed by atoms with E-state index in [9.17, 15) is 0 Å². The summed E-state index contributed by atoms with van der Waals surface area (Å²) in [7, 11) is 4.97. The van der Waals surface area contributed by atoms with Crippen molar-refractivity contribution in [1.29, 1.82) is 0 Å². The Morgan fingerprint density at radius 2 is 1.82 bits per heavy atom. The standard InChI is InChI=1S/C10H12N4O2S/c1-14-6-7(5-11-14)17-10-12-8(15-2)4-9(13-10)16-3/h4-6H,1-3H3. The van der Waals surface area contributed by atoms with Crippen molar-refractivity contribution in [2.45, 2.75) is 10.1 Å². The average molecular weight is 252 g/mol. The van der Waals surface area contributed by atoms with E-state index in [4.69, 9.17) is 9.47 Å². The van der Waals surface area contributed by atoms with Crippen molar-refractivity contribution in [2.75, 3.05) is 14.2 Å². The molecular weight excluding hydrogens is 240 g/mol. The fourth-order valence-corrected chi connectivity index (χ4v) is 1.98. The minimum absolute atomic E-state index is 0.475. The number of hydrogen-bond acceptors (Lipinski definition) is 6. The van der Waals surface area contributed by atoms with Crippen LogP contribution in [0.3, 0.4) is 0 Å². The molecule has 17 heavy (non-hydrogen) atoms. The van der Waals surface area contributed by atoms with Crippen molar-refractivity contribution in [2.24, 2.45) is 7.05 Å². The van der Waals surface area contributed by atoms with Crippen molar-refractivity contribution in [3.05, 3.63) is 18.5 Å². The first-order valence-electron chi connectivity index (χ1n) is 4.85. The first-order valence-corrected chi connectivity index (χ1v) is 5.66. The lowest BCUT2D eigenvalue weighted by Crippen LogP contribution is -1.95. The lowest BCUT2D eigenvalue weighted by Gasteiger charge is -2.04. The third kappa shape index (κ3) is 2.88. The van der Waals surface area contributed by atoms with Crippen LogP contribution in [0.1, 0.15) is 0 Å². The van der Waals surface area contributed by atoms with E-state index >= 15 is 0 Å². The molecule has 0 radical (unpaired) electrons. The fourth-order valence-electron chi connectivity index (χ4n) is 1.20. The minimum Gasteiger partial charge on any atom is -0.481 e. The summed E-state index contributed by atoms with van der Waals surface area (Å²) in [5, 5.41) is 4.64. The predicted molar refractivity (Wildman–Crippen MR) is 62.5 cm³/mol. The number of hydrogen-bond donors (Lipinski definition) is 0. The highest BCUT2D eigenvalue weighted by Crippen LogP contribution is 2.27. The summed E-state index contributed by atoms with van der Waals surface area (Å²) in [5.41, 5.74) is 0. The molecule has 7 heteroatoms. The van der Waals surface area contributed by atoms with Crippen LogP contribution in [0.15, 0.2) is 28.5 Å². The average Bonchev–Trinajstić information content (AvgIpc) is 2.74. The van der Waals surface area contributed by atoms with E-state index in [1.807, 2.05) is 13.2 Å². The van der Waals surface area contributed by atoms with Crippen LogP contribution in [0.4, 0.5) is 0 Å². The number of aryl methyl sites for hydroxylation is 1. The lowest BCUT2D eigenvalue weighted by molar-refractivity contribution is 0.364. The summed E-state index contributed by atoms with van der Waals surface area (Å²) in [5.74, 6) is 0.950. The van der Waals surface area contributed by atoms with E-state index in [1.54, 1.807) is 31.2 Å². The van der Waals surface area contributed by atoms with Gasteiger partial charge in [0.05, 0.1) is 31.4 Å². The molecule has 0 saturated heterocycles. The molecule has 0 aliphatic rings. The summed E-state index contributed by atoms with van der Waals surface area (Å²) in [4.78, 5) is 9.39. The van der Waals surface area contributed by atoms with E-state index in [-0.39, 0.29) is 0 Å². The zero-order valence-corrected chi connectivity index (χ0v) is 10.6. The van der Waals surface area contributed by atoms with Crippen LogP contribution in [-0.4, -0.2) is 34.0 Å². The topological polar surface area (TPSA) is 62.1 Å². The van der Waals surface area contributed by atoms with Gasteiger partial charge in [0.2, 0.25) is 11.8 Å². The van der Waals surface area contributed by atoms with Crippen LogP contribution >= 0.6 is 11.8 Å². The molecular formula is C10H12N4O2S. The fraction of sp³-hybridized carbons (Fsp3) is 0.300. The van der Waals surface area contributed by atoms with Crippen molar-refractivity contribution in [3.8, 4) is 11.8 Å². The third-order valence-electron chi connectivity index (χ3n) is 1.97. The normalized spacial score (nSPS) is 10.3. The summed E-state index contributed by atoms with van der Waals surface area (Å²) in [6.07, 6.45) is 3.64. The molecule has 0 saturated carbocycles. The molecule has 0 N–H and O–H groups in total. The minimum atomic E-state index is 0.475. The van der Waals surface area contributed by atoms with Gasteiger partial charge in [0, 0.05) is 13.2 Å². The molecule has 2 aromatic rings. The van der Waals surface area contributed by atoms with E-state index in [1.165, 1.54) is 11.8 Å². The zero-order chi connectivity index (χ0) is 12.3. The van der Waals surface area contributed by atoms with Gasteiger partial charge in [-0.15, -0.1) is 0 Å². The largest absolute Gasteiger partial charge is 0.481 e. The maximum Gasteiger partial charge on any atom is 0.220 e. The molecule has 0 atom stereocenters. The van der Waals surface area contributed by atoms with Crippen LogP contribution in [-0.2, 0) is 7.05 Å². The van der Waals surface area contributed by atoms with Crippen LogP contribution in [0.25, 0.3) is 0 Å². The summed E-state index contributed by atoms with van der Waals surface area (Å²) in [6.45, 7) is 0. The number of ether oxygens (including phenoxy) is 2. The molecule has 0 spiro atoms. The Balaban J connectivity index is 2.25. The molecule has 0 bridgehead atoms. The van der Waals surface area contributed by atoms with Crippen LogP contribution in [0.5, 0.6) is 11.8 Å². The van der Waals surface area contributed by atoms with E-state index in [2.05, 4.69) is 15.1 Å². The molecule has 0 aliphatic heterocycles. The Morgan fingerprint density at radius 1 is 1.18 bits per heavy atom. The molecule has 2 rings (SSSR count). The zero-order valence-electron chi connectivity index (χ0n) is 9.75. The Bertz CT molecular complexity index is 493. The summed E-state index contributed by atoms with van der Waals surface area (Å²) < 4.78 is 11.9. The molecule has 2 heterocycles. The molecule has 0 unspecified atom stereocenters. The van der Waals surface area contributed by atoms with Crippen molar-refractivity contribution in [3.63, 3.8) is 0 Å². The van der Waals surface area contributed by atoms with E-state index < -0.39 is 0 Å². The highest BCUT2D eigenvalue weighted by molar-refractivity contribution is 7.99. The SMILES string of the molecule is COc1cc(OC)nc(Sc2cnn(C)c2)n1. The van der Waals surface area contributed by atoms with Gasteiger partial charge >= 0.3 is 0 Å². The quantitative estimate of drug-likeness (QED) is 0.766. The van der Waals surface area contributed by atoms with Gasteiger partial charge in [-0.2, -0.15) is 15.1 Å². The second-order valence-corrected chi connectivity index (χ2v) is 4.23. The van der Waals surface area contributed by atoms with Crippen molar-refractivity contribution >= 4 is 11.8 Å². The molecule has 6 nitrogen and oxygen atoms in total. The number of methoxy groups -OCH3 is 2. The maximum atomic E-state index is 5.07. The number of nitrogens with zero attached hydrogens (tertiary/aromatic N) is 4. The molecule has 0 fully saturated rings. The van der Waals surface area contributed by atoms with Gasteiger partial charge in [-0.1, -0.05) is 0 Å². The Morgan fingerprint density at radius 3 is 2.29 bits per heavy atom. The smallest absolute Gasteiger partial charge is 0.220 e. The Hall–Kier alpha value is -1.76. The van der Waals surface area contributed by atoms with Gasteiger partial charge in [-0.3, -0.25) is 4.68 Å². The van der Waals surface area contributed by atoms with E-state index in [0.717, 1.165) is 4.90 Å². The monoisotopic (exact) mass is 252 g/mol.